The van der Waals surface area contributed by atoms with Crippen LogP contribution in [0.5, 0.6) is 0 Å². The molecular weight excluding hydrogens is 296 g/mol. The average Bonchev–Trinajstić information content (AvgIpc) is 1.12. The third-order valence-electron chi connectivity index (χ3n) is 0. The fourth-order valence-electron chi connectivity index (χ4n) is 0. The summed E-state index contributed by atoms with van der Waals surface area (Å²) < 4.78 is 63.2. The van der Waals surface area contributed by atoms with Gasteiger partial charge in [-0.05, 0) is 0 Å². The fraction of sp³-hybridized carbons (Fsp3) is 0. The third kappa shape index (κ3) is 3470. The second kappa shape index (κ2) is 17.2. The Morgan fingerprint density at radius 2 is 0.533 bits per heavy atom. The van der Waals surface area contributed by atoms with Crippen LogP contribution in [0.4, 0.5) is 0 Å². The summed E-state index contributed by atoms with van der Waals surface area (Å²) in [6.45, 7) is 0. The van der Waals surface area contributed by atoms with Gasteiger partial charge in [-0.25, -0.2) is 0 Å². The Hall–Kier alpha value is 0.840. The van der Waals surface area contributed by atoms with Crippen molar-refractivity contribution in [3.05, 3.63) is 0 Å². The van der Waals surface area contributed by atoms with Gasteiger partial charge in [0.15, 0.2) is 0 Å². The molecule has 0 aliphatic carbocycles. The summed E-state index contributed by atoms with van der Waals surface area (Å²) in [5.74, 6) is 0. The molecule has 0 rings (SSSR count). The molecule has 0 heterocycles. The van der Waals surface area contributed by atoms with Crippen LogP contribution in [-0.4, -0.2) is 94.7 Å². The molecule has 0 fully saturated rings. The van der Waals surface area contributed by atoms with Gasteiger partial charge in [-0.2, -0.15) is 16.8 Å². The molecule has 15 heavy (non-hydrogen) atoms. The Bertz CT molecular complexity index is 210. The van der Waals surface area contributed by atoms with Gasteiger partial charge in [0.05, 0.1) is 0 Å². The number of hydrogen-bond acceptors (Lipinski definition) is 4. The van der Waals surface area contributed by atoms with Crippen molar-refractivity contribution in [2.24, 2.45) is 0 Å². The van der Waals surface area contributed by atoms with Gasteiger partial charge in [-0.15, -0.1) is 0 Å². The normalized spacial score (nSPS) is 7.73. The molecule has 0 radical (unpaired) electrons. The van der Waals surface area contributed by atoms with Crippen LogP contribution in [-0.2, 0) is 20.8 Å². The molecule has 0 spiro atoms. The van der Waals surface area contributed by atoms with Crippen molar-refractivity contribution < 1.29 is 57.0 Å². The van der Waals surface area contributed by atoms with Gasteiger partial charge in [-0.3, -0.25) is 18.2 Å². The van der Waals surface area contributed by atoms with Crippen LogP contribution >= 0.6 is 0 Å². The van der Waals surface area contributed by atoms with Crippen molar-refractivity contribution >= 4 is 58.5 Å². The average molecular weight is 310 g/mol. The molecule has 0 amide bonds. The SMILES string of the molecule is O.O.O.O.O=S(=O)(O)O.O=S(=O)(O)O.[CaH2]. The number of hydrogen-bond donors (Lipinski definition) is 4. The van der Waals surface area contributed by atoms with Crippen molar-refractivity contribution in [1.29, 1.82) is 0 Å². The van der Waals surface area contributed by atoms with E-state index >= 15 is 0 Å². The summed E-state index contributed by atoms with van der Waals surface area (Å²) in [6.07, 6.45) is 0. The van der Waals surface area contributed by atoms with Crippen LogP contribution in [0.3, 0.4) is 0 Å². The van der Waals surface area contributed by atoms with Gasteiger partial charge in [0.25, 0.3) is 0 Å². The van der Waals surface area contributed by atoms with Gasteiger partial charge in [0, 0.05) is 0 Å². The standard InChI is InChI=1S/Ca.2H2O4S.4H2O.2H/c;2*1-5(2,3)4;;;;;;/h;2*(H2,1,2,3,4);4*1H2;;. The molecule has 100 valence electrons. The summed E-state index contributed by atoms with van der Waals surface area (Å²) in [6, 6.07) is 0. The van der Waals surface area contributed by atoms with E-state index in [-0.39, 0.29) is 59.6 Å². The molecule has 0 aromatic carbocycles. The van der Waals surface area contributed by atoms with Crippen LogP contribution in [0.15, 0.2) is 0 Å². The van der Waals surface area contributed by atoms with Gasteiger partial charge in [-0.1, -0.05) is 0 Å². The summed E-state index contributed by atoms with van der Waals surface area (Å²) in [4.78, 5) is 0. The predicted octanol–water partition coefficient (Wildman–Crippen LogP) is -5.52. The summed E-state index contributed by atoms with van der Waals surface area (Å²) >= 11 is 0. The molecule has 0 aromatic rings. The zero-order chi connectivity index (χ0) is 9.00. The van der Waals surface area contributed by atoms with Crippen LogP contribution < -0.4 is 0 Å². The van der Waals surface area contributed by atoms with E-state index in [1.54, 1.807) is 0 Å². The van der Waals surface area contributed by atoms with Crippen molar-refractivity contribution in [1.82, 2.24) is 0 Å². The Labute approximate surface area is 115 Å². The van der Waals surface area contributed by atoms with Crippen LogP contribution in [0.1, 0.15) is 0 Å². The van der Waals surface area contributed by atoms with E-state index in [1.165, 1.54) is 0 Å². The molecule has 12 N–H and O–H groups in total. The quantitative estimate of drug-likeness (QED) is 0.246. The maximum atomic E-state index is 8.74. The first kappa shape index (κ1) is 44.6. The van der Waals surface area contributed by atoms with Crippen molar-refractivity contribution in [3.63, 3.8) is 0 Å². The van der Waals surface area contributed by atoms with Crippen molar-refractivity contribution in [3.8, 4) is 0 Å². The Morgan fingerprint density at radius 3 is 0.533 bits per heavy atom. The van der Waals surface area contributed by atoms with Gasteiger partial charge < -0.3 is 21.9 Å². The molecule has 0 saturated carbocycles. The van der Waals surface area contributed by atoms with E-state index in [1.807, 2.05) is 0 Å². The summed E-state index contributed by atoms with van der Waals surface area (Å²) in [7, 11) is -9.33. The van der Waals surface area contributed by atoms with Gasteiger partial charge in [0.1, 0.15) is 0 Å². The molecule has 0 aliphatic heterocycles. The minimum absolute atomic E-state index is 0. The molecular formula is H14CaO12S2. The van der Waals surface area contributed by atoms with E-state index in [2.05, 4.69) is 0 Å². The molecule has 0 atom stereocenters. The first-order valence-corrected chi connectivity index (χ1v) is 4.19. The Morgan fingerprint density at radius 1 is 0.533 bits per heavy atom. The first-order chi connectivity index (χ1) is 4.00. The summed E-state index contributed by atoms with van der Waals surface area (Å²) in [5.41, 5.74) is 0. The van der Waals surface area contributed by atoms with Crippen molar-refractivity contribution in [2.45, 2.75) is 0 Å². The van der Waals surface area contributed by atoms with Crippen molar-refractivity contribution in [2.75, 3.05) is 0 Å². The van der Waals surface area contributed by atoms with Crippen LogP contribution in [0, 0.1) is 0 Å². The third-order valence-corrected chi connectivity index (χ3v) is 0. The van der Waals surface area contributed by atoms with E-state index in [0.29, 0.717) is 0 Å². The zero-order valence-electron chi connectivity index (χ0n) is 6.24. The second-order valence-corrected chi connectivity index (χ2v) is 2.69. The molecule has 0 unspecified atom stereocenters. The first-order valence-electron chi connectivity index (χ1n) is 1.40. The molecule has 0 saturated heterocycles. The Kier molecular flexibility index (Phi) is 51.3. The van der Waals surface area contributed by atoms with Gasteiger partial charge >= 0.3 is 58.5 Å². The Balaban J connectivity index is -0.0000000128. The fourth-order valence-corrected chi connectivity index (χ4v) is 0. The molecule has 0 aliphatic rings. The van der Waals surface area contributed by atoms with E-state index < -0.39 is 20.8 Å². The summed E-state index contributed by atoms with van der Waals surface area (Å²) in [5, 5.41) is 0. The predicted molar refractivity (Wildman–Crippen MR) is 51.4 cm³/mol. The minimum atomic E-state index is -4.67. The topological polar surface area (TPSA) is 275 Å². The molecule has 0 aromatic heterocycles. The molecule has 0 bridgehead atoms. The van der Waals surface area contributed by atoms with Crippen LogP contribution in [0.2, 0.25) is 0 Å². The number of rotatable bonds is 0. The second-order valence-electron chi connectivity index (χ2n) is 0.896. The monoisotopic (exact) mass is 310 g/mol. The molecule has 12 nitrogen and oxygen atoms in total. The van der Waals surface area contributed by atoms with E-state index in [4.69, 9.17) is 35.0 Å². The van der Waals surface area contributed by atoms with E-state index in [9.17, 15) is 0 Å². The van der Waals surface area contributed by atoms with E-state index in [0.717, 1.165) is 0 Å². The zero-order valence-corrected chi connectivity index (χ0v) is 7.87. The molecule has 15 heteroatoms. The van der Waals surface area contributed by atoms with Crippen LogP contribution in [0.25, 0.3) is 0 Å². The van der Waals surface area contributed by atoms with Gasteiger partial charge in [0.2, 0.25) is 0 Å². The maximum absolute atomic E-state index is 8.74.